The molecular formula is C19H27N3O3. The molecule has 1 saturated heterocycles. The SMILES string of the molecule is CCCNC(=O)N1CCCN(C(=O)c2ccc3c(c2)CCCO3)CC1. The average molecular weight is 345 g/mol. The van der Waals surface area contributed by atoms with Crippen LogP contribution in [0.3, 0.4) is 0 Å². The molecule has 3 amide bonds. The van der Waals surface area contributed by atoms with E-state index in [0.29, 0.717) is 38.3 Å². The predicted octanol–water partition coefficient (Wildman–Crippen LogP) is 2.28. The lowest BCUT2D eigenvalue weighted by Gasteiger charge is -2.23. The van der Waals surface area contributed by atoms with Crippen molar-refractivity contribution in [1.29, 1.82) is 0 Å². The lowest BCUT2D eigenvalue weighted by Crippen LogP contribution is -2.42. The van der Waals surface area contributed by atoms with Crippen molar-refractivity contribution in [2.75, 3.05) is 39.3 Å². The highest BCUT2D eigenvalue weighted by Gasteiger charge is 2.23. The number of benzene rings is 1. The normalized spacial score (nSPS) is 17.3. The van der Waals surface area contributed by atoms with E-state index < -0.39 is 0 Å². The summed E-state index contributed by atoms with van der Waals surface area (Å²) in [5.74, 6) is 0.946. The Morgan fingerprint density at radius 1 is 1.12 bits per heavy atom. The summed E-state index contributed by atoms with van der Waals surface area (Å²) < 4.78 is 5.62. The second-order valence-electron chi connectivity index (χ2n) is 6.64. The molecule has 25 heavy (non-hydrogen) atoms. The molecule has 1 N–H and O–H groups in total. The quantitative estimate of drug-likeness (QED) is 0.914. The highest BCUT2D eigenvalue weighted by Crippen LogP contribution is 2.26. The van der Waals surface area contributed by atoms with Crippen molar-refractivity contribution in [3.05, 3.63) is 29.3 Å². The van der Waals surface area contributed by atoms with Crippen LogP contribution in [-0.2, 0) is 6.42 Å². The Morgan fingerprint density at radius 2 is 1.92 bits per heavy atom. The number of fused-ring (bicyclic) bond motifs is 1. The van der Waals surface area contributed by atoms with Crippen molar-refractivity contribution < 1.29 is 14.3 Å². The minimum Gasteiger partial charge on any atom is -0.493 e. The standard InChI is InChI=1S/C19H27N3O3/c1-2-8-20-19(24)22-10-4-9-21(11-12-22)18(23)16-6-7-17-15(14-16)5-3-13-25-17/h6-7,14H,2-5,8-13H2,1H3,(H,20,24). The first-order chi connectivity index (χ1) is 12.2. The monoisotopic (exact) mass is 345 g/mol. The van der Waals surface area contributed by atoms with E-state index in [0.717, 1.165) is 43.6 Å². The molecule has 6 heteroatoms. The van der Waals surface area contributed by atoms with E-state index in [2.05, 4.69) is 5.32 Å². The highest BCUT2D eigenvalue weighted by atomic mass is 16.5. The van der Waals surface area contributed by atoms with E-state index in [-0.39, 0.29) is 11.9 Å². The van der Waals surface area contributed by atoms with Gasteiger partial charge in [-0.25, -0.2) is 4.79 Å². The third-order valence-corrected chi connectivity index (χ3v) is 4.75. The van der Waals surface area contributed by atoms with E-state index in [1.165, 1.54) is 0 Å². The molecule has 0 bridgehead atoms. The zero-order valence-electron chi connectivity index (χ0n) is 14.9. The van der Waals surface area contributed by atoms with E-state index in [1.807, 2.05) is 34.9 Å². The first-order valence-electron chi connectivity index (χ1n) is 9.27. The molecule has 0 unspecified atom stereocenters. The zero-order chi connectivity index (χ0) is 17.6. The highest BCUT2D eigenvalue weighted by molar-refractivity contribution is 5.94. The molecule has 0 radical (unpaired) electrons. The Bertz CT molecular complexity index is 632. The van der Waals surface area contributed by atoms with Crippen LogP contribution in [0.5, 0.6) is 5.75 Å². The minimum absolute atomic E-state index is 0.0259. The van der Waals surface area contributed by atoms with Crippen molar-refractivity contribution in [3.8, 4) is 5.75 Å². The van der Waals surface area contributed by atoms with Crippen LogP contribution in [0.2, 0.25) is 0 Å². The van der Waals surface area contributed by atoms with Gasteiger partial charge >= 0.3 is 6.03 Å². The van der Waals surface area contributed by atoms with E-state index in [9.17, 15) is 9.59 Å². The van der Waals surface area contributed by atoms with E-state index in [1.54, 1.807) is 0 Å². The molecule has 1 aromatic rings. The van der Waals surface area contributed by atoms with Gasteiger partial charge in [0.25, 0.3) is 5.91 Å². The van der Waals surface area contributed by atoms with Crippen LogP contribution in [0.1, 0.15) is 42.1 Å². The molecule has 1 fully saturated rings. The Hall–Kier alpha value is -2.24. The lowest BCUT2D eigenvalue weighted by atomic mass is 10.0. The Balaban J connectivity index is 1.62. The molecule has 2 heterocycles. The summed E-state index contributed by atoms with van der Waals surface area (Å²) in [5, 5.41) is 2.91. The number of amides is 3. The van der Waals surface area contributed by atoms with Crippen molar-refractivity contribution in [1.82, 2.24) is 15.1 Å². The van der Waals surface area contributed by atoms with Crippen molar-refractivity contribution in [3.63, 3.8) is 0 Å². The molecule has 6 nitrogen and oxygen atoms in total. The molecule has 3 rings (SSSR count). The van der Waals surface area contributed by atoms with Crippen molar-refractivity contribution in [2.45, 2.75) is 32.6 Å². The molecule has 2 aliphatic heterocycles. The number of carbonyl (C=O) groups is 2. The van der Waals surface area contributed by atoms with Crippen LogP contribution in [0.25, 0.3) is 0 Å². The minimum atomic E-state index is -0.0259. The second kappa shape index (κ2) is 8.23. The van der Waals surface area contributed by atoms with Gasteiger partial charge in [0.2, 0.25) is 0 Å². The molecule has 136 valence electrons. The van der Waals surface area contributed by atoms with Gasteiger partial charge in [-0.3, -0.25) is 4.79 Å². The Kier molecular flexibility index (Phi) is 5.79. The van der Waals surface area contributed by atoms with Crippen LogP contribution in [0, 0.1) is 0 Å². The maximum Gasteiger partial charge on any atom is 0.317 e. The molecule has 1 aromatic carbocycles. The van der Waals surface area contributed by atoms with Crippen LogP contribution in [0.15, 0.2) is 18.2 Å². The van der Waals surface area contributed by atoms with Gasteiger partial charge in [0.15, 0.2) is 0 Å². The van der Waals surface area contributed by atoms with Gasteiger partial charge in [0.05, 0.1) is 6.61 Å². The number of hydrogen-bond acceptors (Lipinski definition) is 3. The Morgan fingerprint density at radius 3 is 2.76 bits per heavy atom. The van der Waals surface area contributed by atoms with Crippen LogP contribution in [0.4, 0.5) is 4.79 Å². The maximum atomic E-state index is 12.9. The summed E-state index contributed by atoms with van der Waals surface area (Å²) >= 11 is 0. The number of urea groups is 1. The number of hydrogen-bond donors (Lipinski definition) is 1. The number of nitrogens with one attached hydrogen (secondary N) is 1. The third kappa shape index (κ3) is 4.24. The van der Waals surface area contributed by atoms with Crippen LogP contribution < -0.4 is 10.1 Å². The van der Waals surface area contributed by atoms with Gasteiger partial charge in [0, 0.05) is 38.3 Å². The number of nitrogens with zero attached hydrogens (tertiary/aromatic N) is 2. The van der Waals surface area contributed by atoms with Crippen LogP contribution in [-0.4, -0.2) is 61.1 Å². The van der Waals surface area contributed by atoms with Gasteiger partial charge in [-0.2, -0.15) is 0 Å². The van der Waals surface area contributed by atoms with Gasteiger partial charge in [-0.15, -0.1) is 0 Å². The fraction of sp³-hybridized carbons (Fsp3) is 0.579. The summed E-state index contributed by atoms with van der Waals surface area (Å²) in [6, 6.07) is 5.70. The van der Waals surface area contributed by atoms with E-state index >= 15 is 0 Å². The number of carbonyl (C=O) groups excluding carboxylic acids is 2. The molecule has 0 aromatic heterocycles. The van der Waals surface area contributed by atoms with Crippen molar-refractivity contribution >= 4 is 11.9 Å². The summed E-state index contributed by atoms with van der Waals surface area (Å²) in [4.78, 5) is 28.6. The largest absolute Gasteiger partial charge is 0.493 e. The predicted molar refractivity (Wildman–Crippen MR) is 96.0 cm³/mol. The number of ether oxygens (including phenoxy) is 1. The molecule has 0 aliphatic carbocycles. The van der Waals surface area contributed by atoms with Gasteiger partial charge in [0.1, 0.15) is 5.75 Å². The summed E-state index contributed by atoms with van der Waals surface area (Å²) in [7, 11) is 0. The smallest absolute Gasteiger partial charge is 0.317 e. The molecular weight excluding hydrogens is 318 g/mol. The molecule has 0 saturated carbocycles. The van der Waals surface area contributed by atoms with Gasteiger partial charge in [-0.1, -0.05) is 6.92 Å². The summed E-state index contributed by atoms with van der Waals surface area (Å²) in [6.45, 7) is 6.01. The summed E-state index contributed by atoms with van der Waals surface area (Å²) in [5.41, 5.74) is 1.83. The topological polar surface area (TPSA) is 61.9 Å². The average Bonchev–Trinajstić information content (AvgIpc) is 2.91. The van der Waals surface area contributed by atoms with Crippen LogP contribution >= 0.6 is 0 Å². The second-order valence-corrected chi connectivity index (χ2v) is 6.64. The molecule has 2 aliphatic rings. The molecule has 0 spiro atoms. The van der Waals surface area contributed by atoms with E-state index in [4.69, 9.17) is 4.74 Å². The van der Waals surface area contributed by atoms with Crippen molar-refractivity contribution in [2.24, 2.45) is 0 Å². The van der Waals surface area contributed by atoms with Gasteiger partial charge in [-0.05, 0) is 49.4 Å². The number of aryl methyl sites for hydroxylation is 1. The first-order valence-corrected chi connectivity index (χ1v) is 9.27. The zero-order valence-corrected chi connectivity index (χ0v) is 14.9. The number of rotatable bonds is 3. The first kappa shape index (κ1) is 17.6. The van der Waals surface area contributed by atoms with Gasteiger partial charge < -0.3 is 19.9 Å². The third-order valence-electron chi connectivity index (χ3n) is 4.75. The lowest BCUT2D eigenvalue weighted by molar-refractivity contribution is 0.0762. The maximum absolute atomic E-state index is 12.9. The fourth-order valence-corrected chi connectivity index (χ4v) is 3.34. The summed E-state index contributed by atoms with van der Waals surface area (Å²) in [6.07, 6.45) is 3.68. The fourth-order valence-electron chi connectivity index (χ4n) is 3.34. The molecule has 0 atom stereocenters. The Labute approximate surface area is 149 Å².